The summed E-state index contributed by atoms with van der Waals surface area (Å²) in [4.78, 5) is 0. The smallest absolute Gasteiger partial charge is 0.161 e. The summed E-state index contributed by atoms with van der Waals surface area (Å²) in [6, 6.07) is 4.06. The standard InChI is InChI=1S/C14H19NO3/c1-16-9-10-7-12-13(18-6-5-17-12)8-11(10)14(15)3-2-4-14/h7-8H,2-6,9,15H2,1H3. The van der Waals surface area contributed by atoms with Crippen molar-refractivity contribution < 1.29 is 14.2 Å². The fourth-order valence-electron chi connectivity index (χ4n) is 2.70. The van der Waals surface area contributed by atoms with Gasteiger partial charge in [0.05, 0.1) is 6.61 Å². The van der Waals surface area contributed by atoms with Gasteiger partial charge in [-0.25, -0.2) is 0 Å². The summed E-state index contributed by atoms with van der Waals surface area (Å²) in [5, 5.41) is 0. The normalized spacial score (nSPS) is 20.3. The Morgan fingerprint density at radius 2 is 1.89 bits per heavy atom. The van der Waals surface area contributed by atoms with E-state index in [4.69, 9.17) is 19.9 Å². The molecule has 1 aromatic rings. The van der Waals surface area contributed by atoms with Gasteiger partial charge in [-0.05, 0) is 42.5 Å². The second kappa shape index (κ2) is 4.44. The zero-order valence-electron chi connectivity index (χ0n) is 10.7. The van der Waals surface area contributed by atoms with E-state index in [0.717, 1.165) is 35.5 Å². The molecule has 0 aromatic heterocycles. The van der Waals surface area contributed by atoms with E-state index in [2.05, 4.69) is 0 Å². The molecule has 0 atom stereocenters. The lowest BCUT2D eigenvalue weighted by molar-refractivity contribution is 0.162. The Morgan fingerprint density at radius 3 is 2.44 bits per heavy atom. The molecule has 4 nitrogen and oxygen atoms in total. The average Bonchev–Trinajstić information content (AvgIpc) is 2.35. The molecule has 1 heterocycles. The number of rotatable bonds is 3. The molecule has 2 aliphatic rings. The third kappa shape index (κ3) is 1.85. The van der Waals surface area contributed by atoms with Gasteiger partial charge in [-0.1, -0.05) is 0 Å². The summed E-state index contributed by atoms with van der Waals surface area (Å²) < 4.78 is 16.5. The van der Waals surface area contributed by atoms with Crippen LogP contribution >= 0.6 is 0 Å². The molecule has 0 radical (unpaired) electrons. The average molecular weight is 249 g/mol. The largest absolute Gasteiger partial charge is 0.486 e. The van der Waals surface area contributed by atoms with Crippen molar-refractivity contribution in [3.8, 4) is 11.5 Å². The topological polar surface area (TPSA) is 53.7 Å². The minimum absolute atomic E-state index is 0.205. The third-order valence-corrected chi connectivity index (χ3v) is 3.85. The summed E-state index contributed by atoms with van der Waals surface area (Å²) in [5.74, 6) is 1.62. The van der Waals surface area contributed by atoms with Crippen LogP contribution in [0.15, 0.2) is 12.1 Å². The van der Waals surface area contributed by atoms with Gasteiger partial charge in [0.15, 0.2) is 11.5 Å². The van der Waals surface area contributed by atoms with Gasteiger partial charge < -0.3 is 19.9 Å². The molecule has 0 unspecified atom stereocenters. The van der Waals surface area contributed by atoms with Crippen molar-refractivity contribution >= 4 is 0 Å². The fourth-order valence-corrected chi connectivity index (χ4v) is 2.70. The molecule has 3 rings (SSSR count). The Labute approximate surface area is 107 Å². The van der Waals surface area contributed by atoms with E-state index >= 15 is 0 Å². The van der Waals surface area contributed by atoms with Crippen molar-refractivity contribution in [1.82, 2.24) is 0 Å². The van der Waals surface area contributed by atoms with E-state index in [1.165, 1.54) is 6.42 Å². The number of benzene rings is 1. The third-order valence-electron chi connectivity index (χ3n) is 3.85. The Balaban J connectivity index is 2.04. The summed E-state index contributed by atoms with van der Waals surface area (Å²) in [6.07, 6.45) is 3.25. The first-order valence-electron chi connectivity index (χ1n) is 6.44. The van der Waals surface area contributed by atoms with Crippen LogP contribution in [0.5, 0.6) is 11.5 Å². The summed E-state index contributed by atoms with van der Waals surface area (Å²) in [5.41, 5.74) is 8.50. The fraction of sp³-hybridized carbons (Fsp3) is 0.571. The number of methoxy groups -OCH3 is 1. The maximum Gasteiger partial charge on any atom is 0.161 e. The highest BCUT2D eigenvalue weighted by Gasteiger charge is 2.37. The van der Waals surface area contributed by atoms with Crippen molar-refractivity contribution in [2.45, 2.75) is 31.4 Å². The molecule has 18 heavy (non-hydrogen) atoms. The van der Waals surface area contributed by atoms with Crippen LogP contribution < -0.4 is 15.2 Å². The van der Waals surface area contributed by atoms with E-state index in [9.17, 15) is 0 Å². The Hall–Kier alpha value is -1.26. The molecule has 98 valence electrons. The highest BCUT2D eigenvalue weighted by atomic mass is 16.6. The first kappa shape index (κ1) is 11.8. The second-order valence-corrected chi connectivity index (χ2v) is 5.10. The van der Waals surface area contributed by atoms with Crippen LogP contribution in [0.4, 0.5) is 0 Å². The van der Waals surface area contributed by atoms with E-state index in [1.54, 1.807) is 7.11 Å². The molecular weight excluding hydrogens is 230 g/mol. The van der Waals surface area contributed by atoms with Gasteiger partial charge in [-0.15, -0.1) is 0 Å². The van der Waals surface area contributed by atoms with Gasteiger partial charge in [0.2, 0.25) is 0 Å². The quantitative estimate of drug-likeness (QED) is 0.889. The molecule has 1 aliphatic carbocycles. The molecule has 0 spiro atoms. The maximum atomic E-state index is 6.44. The Morgan fingerprint density at radius 1 is 1.22 bits per heavy atom. The number of nitrogens with two attached hydrogens (primary N) is 1. The van der Waals surface area contributed by atoms with Crippen LogP contribution in [0, 0.1) is 0 Å². The van der Waals surface area contributed by atoms with Gasteiger partial charge in [0, 0.05) is 12.6 Å². The lowest BCUT2D eigenvalue weighted by atomic mass is 9.71. The molecule has 0 amide bonds. The number of ether oxygens (including phenoxy) is 3. The molecule has 0 saturated heterocycles. The predicted octanol–water partition coefficient (Wildman–Crippen LogP) is 1.94. The van der Waals surface area contributed by atoms with Gasteiger partial charge in [-0.2, -0.15) is 0 Å². The highest BCUT2D eigenvalue weighted by molar-refractivity contribution is 5.50. The van der Waals surface area contributed by atoms with Crippen molar-refractivity contribution in [1.29, 1.82) is 0 Å². The van der Waals surface area contributed by atoms with E-state index in [0.29, 0.717) is 19.8 Å². The van der Waals surface area contributed by atoms with Crippen molar-refractivity contribution in [2.24, 2.45) is 5.73 Å². The van der Waals surface area contributed by atoms with Crippen LogP contribution in [-0.4, -0.2) is 20.3 Å². The van der Waals surface area contributed by atoms with Crippen molar-refractivity contribution in [2.75, 3.05) is 20.3 Å². The van der Waals surface area contributed by atoms with Crippen LogP contribution in [0.25, 0.3) is 0 Å². The van der Waals surface area contributed by atoms with Crippen LogP contribution in [0.3, 0.4) is 0 Å². The van der Waals surface area contributed by atoms with Crippen LogP contribution in [0.2, 0.25) is 0 Å². The summed E-state index contributed by atoms with van der Waals surface area (Å²) in [6.45, 7) is 1.77. The zero-order chi connectivity index (χ0) is 12.6. The number of hydrogen-bond donors (Lipinski definition) is 1. The molecule has 1 aromatic carbocycles. The molecule has 0 bridgehead atoms. The lowest BCUT2D eigenvalue weighted by Crippen LogP contribution is -2.44. The lowest BCUT2D eigenvalue weighted by Gasteiger charge is -2.40. The number of fused-ring (bicyclic) bond motifs is 1. The van der Waals surface area contributed by atoms with Gasteiger partial charge in [-0.3, -0.25) is 0 Å². The predicted molar refractivity (Wildman–Crippen MR) is 67.9 cm³/mol. The van der Waals surface area contributed by atoms with Crippen molar-refractivity contribution in [3.63, 3.8) is 0 Å². The van der Waals surface area contributed by atoms with E-state index < -0.39 is 0 Å². The Bertz CT molecular complexity index is 455. The van der Waals surface area contributed by atoms with Crippen LogP contribution in [0.1, 0.15) is 30.4 Å². The van der Waals surface area contributed by atoms with Crippen molar-refractivity contribution in [3.05, 3.63) is 23.3 Å². The number of hydrogen-bond acceptors (Lipinski definition) is 4. The molecular formula is C14H19NO3. The molecule has 1 aliphatic heterocycles. The highest BCUT2D eigenvalue weighted by Crippen LogP contribution is 2.44. The summed E-state index contributed by atoms with van der Waals surface area (Å²) in [7, 11) is 1.70. The Kier molecular flexibility index (Phi) is 2.92. The molecule has 1 saturated carbocycles. The van der Waals surface area contributed by atoms with Crippen LogP contribution in [-0.2, 0) is 16.9 Å². The zero-order valence-corrected chi connectivity index (χ0v) is 10.7. The minimum Gasteiger partial charge on any atom is -0.486 e. The first-order chi connectivity index (χ1) is 8.73. The van der Waals surface area contributed by atoms with Gasteiger partial charge in [0.1, 0.15) is 13.2 Å². The van der Waals surface area contributed by atoms with E-state index in [-0.39, 0.29) is 5.54 Å². The molecule has 1 fully saturated rings. The molecule has 4 heteroatoms. The minimum atomic E-state index is -0.205. The summed E-state index contributed by atoms with van der Waals surface area (Å²) >= 11 is 0. The second-order valence-electron chi connectivity index (χ2n) is 5.10. The maximum absolute atomic E-state index is 6.44. The monoisotopic (exact) mass is 249 g/mol. The molecule has 2 N–H and O–H groups in total. The van der Waals surface area contributed by atoms with E-state index in [1.807, 2.05) is 12.1 Å². The van der Waals surface area contributed by atoms with Gasteiger partial charge >= 0.3 is 0 Å². The van der Waals surface area contributed by atoms with Gasteiger partial charge in [0.25, 0.3) is 0 Å². The SMILES string of the molecule is COCc1cc2c(cc1C1(N)CCC1)OCCO2. The first-order valence-corrected chi connectivity index (χ1v) is 6.44.